The van der Waals surface area contributed by atoms with Gasteiger partial charge >= 0.3 is 0 Å². The summed E-state index contributed by atoms with van der Waals surface area (Å²) in [5.74, 6) is 0.795. The van der Waals surface area contributed by atoms with Crippen molar-refractivity contribution in [3.8, 4) is 5.75 Å². The molecule has 1 aromatic heterocycles. The third-order valence-corrected chi connectivity index (χ3v) is 4.84. The molecule has 1 fully saturated rings. The Morgan fingerprint density at radius 3 is 2.75 bits per heavy atom. The summed E-state index contributed by atoms with van der Waals surface area (Å²) in [6, 6.07) is 3.60. The lowest BCUT2D eigenvalue weighted by Gasteiger charge is -2.32. The molecular weight excluding hydrogens is 304 g/mol. The van der Waals surface area contributed by atoms with Crippen LogP contribution in [0.4, 0.5) is 0 Å². The van der Waals surface area contributed by atoms with E-state index in [0.717, 1.165) is 66.9 Å². The third kappa shape index (κ3) is 3.32. The zero-order chi connectivity index (χ0) is 17.1. The molecule has 24 heavy (non-hydrogen) atoms. The first kappa shape index (κ1) is 17.0. The minimum Gasteiger partial charge on any atom is -0.496 e. The maximum absolute atomic E-state index is 12.5. The van der Waals surface area contributed by atoms with Crippen LogP contribution in [-0.4, -0.2) is 42.8 Å². The number of H-pyrrole nitrogens is 1. The lowest BCUT2D eigenvalue weighted by atomic mass is 10.0. The second kappa shape index (κ2) is 7.36. The van der Waals surface area contributed by atoms with Crippen molar-refractivity contribution in [3.05, 3.63) is 39.7 Å². The highest BCUT2D eigenvalue weighted by Crippen LogP contribution is 2.30. The summed E-state index contributed by atoms with van der Waals surface area (Å²) in [5, 5.41) is 0.751. The molecule has 5 heteroatoms. The van der Waals surface area contributed by atoms with Crippen molar-refractivity contribution in [2.24, 2.45) is 0 Å². The number of pyridine rings is 1. The Kier molecular flexibility index (Phi) is 5.21. The fourth-order valence-electron chi connectivity index (χ4n) is 3.60. The van der Waals surface area contributed by atoms with Crippen molar-refractivity contribution in [2.45, 2.75) is 39.3 Å². The zero-order valence-corrected chi connectivity index (χ0v) is 14.7. The number of aromatic amines is 1. The van der Waals surface area contributed by atoms with Crippen LogP contribution < -0.4 is 10.2 Å². The Morgan fingerprint density at radius 2 is 2.08 bits per heavy atom. The van der Waals surface area contributed by atoms with Crippen LogP contribution in [0.25, 0.3) is 10.9 Å². The van der Waals surface area contributed by atoms with Gasteiger partial charge in [0, 0.05) is 44.1 Å². The fourth-order valence-corrected chi connectivity index (χ4v) is 3.60. The summed E-state index contributed by atoms with van der Waals surface area (Å²) in [6.45, 7) is 7.50. The van der Waals surface area contributed by atoms with Crippen molar-refractivity contribution in [2.75, 3.05) is 26.8 Å². The highest BCUT2D eigenvalue weighted by Gasteiger charge is 2.22. The molecule has 0 saturated carbocycles. The Hall–Kier alpha value is -1.85. The molecule has 0 radical (unpaired) electrons. The molecule has 1 saturated heterocycles. The summed E-state index contributed by atoms with van der Waals surface area (Å²) < 4.78 is 11.3. The number of likely N-dealkylation sites (tertiary alicyclic amines) is 1. The minimum atomic E-state index is 0.0463. The van der Waals surface area contributed by atoms with E-state index in [-0.39, 0.29) is 5.43 Å². The molecule has 2 aromatic rings. The predicted molar refractivity (Wildman–Crippen MR) is 95.8 cm³/mol. The molecule has 2 heterocycles. The van der Waals surface area contributed by atoms with Crippen molar-refractivity contribution in [3.63, 3.8) is 0 Å². The average Bonchev–Trinajstić information content (AvgIpc) is 2.59. The fraction of sp³-hybridized carbons (Fsp3) is 0.526. The number of aryl methyl sites for hydroxylation is 1. The smallest absolute Gasteiger partial charge is 0.189 e. The molecule has 0 amide bonds. The normalized spacial score (nSPS) is 16.6. The van der Waals surface area contributed by atoms with Crippen LogP contribution in [0.5, 0.6) is 5.75 Å². The first-order chi connectivity index (χ1) is 11.6. The molecular formula is C19H26N2O3. The summed E-state index contributed by atoms with van der Waals surface area (Å²) in [4.78, 5) is 18.1. The van der Waals surface area contributed by atoms with Gasteiger partial charge in [-0.3, -0.25) is 9.69 Å². The lowest BCUT2D eigenvalue weighted by molar-refractivity contribution is 0.0125. The van der Waals surface area contributed by atoms with E-state index in [9.17, 15) is 4.79 Å². The van der Waals surface area contributed by atoms with Crippen LogP contribution in [0.1, 0.15) is 30.9 Å². The van der Waals surface area contributed by atoms with Crippen LogP contribution in [0, 0.1) is 6.92 Å². The Labute approximate surface area is 142 Å². The van der Waals surface area contributed by atoms with E-state index in [1.807, 2.05) is 19.9 Å². The number of methoxy groups -OCH3 is 1. The molecule has 1 aromatic carbocycles. The average molecular weight is 330 g/mol. The molecule has 0 aliphatic carbocycles. The number of nitrogens with one attached hydrogen (secondary N) is 1. The lowest BCUT2D eigenvalue weighted by Crippen LogP contribution is -2.36. The molecule has 0 atom stereocenters. The van der Waals surface area contributed by atoms with Gasteiger partial charge in [0.25, 0.3) is 0 Å². The topological polar surface area (TPSA) is 54.6 Å². The molecule has 0 spiro atoms. The van der Waals surface area contributed by atoms with Crippen LogP contribution >= 0.6 is 0 Å². The van der Waals surface area contributed by atoms with Gasteiger partial charge in [-0.2, -0.15) is 0 Å². The highest BCUT2D eigenvalue weighted by molar-refractivity contribution is 5.87. The summed E-state index contributed by atoms with van der Waals surface area (Å²) >= 11 is 0. The van der Waals surface area contributed by atoms with Gasteiger partial charge in [0.1, 0.15) is 5.75 Å². The molecule has 130 valence electrons. The highest BCUT2D eigenvalue weighted by atomic mass is 16.5. The van der Waals surface area contributed by atoms with E-state index >= 15 is 0 Å². The first-order valence-corrected chi connectivity index (χ1v) is 8.65. The Morgan fingerprint density at radius 1 is 1.33 bits per heavy atom. The van der Waals surface area contributed by atoms with E-state index in [2.05, 4.69) is 9.88 Å². The number of hydrogen-bond donors (Lipinski definition) is 1. The monoisotopic (exact) mass is 330 g/mol. The molecule has 5 nitrogen and oxygen atoms in total. The molecule has 0 unspecified atom stereocenters. The van der Waals surface area contributed by atoms with Crippen LogP contribution in [0.15, 0.2) is 23.1 Å². The van der Waals surface area contributed by atoms with Crippen molar-refractivity contribution in [1.29, 1.82) is 0 Å². The summed E-state index contributed by atoms with van der Waals surface area (Å²) in [7, 11) is 1.67. The van der Waals surface area contributed by atoms with Crippen molar-refractivity contribution >= 4 is 10.9 Å². The molecule has 1 aliphatic rings. The van der Waals surface area contributed by atoms with Crippen LogP contribution in [0.3, 0.4) is 0 Å². The SMILES string of the molecule is CCOC1CCN(Cc2c(OC)cc(C)c3[nH]ccc(=O)c23)CC1. The van der Waals surface area contributed by atoms with Crippen molar-refractivity contribution in [1.82, 2.24) is 9.88 Å². The molecule has 1 N–H and O–H groups in total. The predicted octanol–water partition coefficient (Wildman–Crippen LogP) is 2.85. The van der Waals surface area contributed by atoms with E-state index in [4.69, 9.17) is 9.47 Å². The van der Waals surface area contributed by atoms with Gasteiger partial charge in [0.15, 0.2) is 5.43 Å². The van der Waals surface area contributed by atoms with Crippen LogP contribution in [-0.2, 0) is 11.3 Å². The second-order valence-corrected chi connectivity index (χ2v) is 6.40. The van der Waals surface area contributed by atoms with E-state index in [0.29, 0.717) is 6.10 Å². The Bertz CT molecular complexity index is 761. The quantitative estimate of drug-likeness (QED) is 0.916. The van der Waals surface area contributed by atoms with E-state index < -0.39 is 0 Å². The van der Waals surface area contributed by atoms with Crippen LogP contribution in [0.2, 0.25) is 0 Å². The van der Waals surface area contributed by atoms with Gasteiger partial charge in [-0.25, -0.2) is 0 Å². The summed E-state index contributed by atoms with van der Waals surface area (Å²) in [5.41, 5.74) is 2.96. The van der Waals surface area contributed by atoms with Gasteiger partial charge in [0.2, 0.25) is 0 Å². The number of piperidine rings is 1. The van der Waals surface area contributed by atoms with Gasteiger partial charge in [-0.15, -0.1) is 0 Å². The van der Waals surface area contributed by atoms with Crippen molar-refractivity contribution < 1.29 is 9.47 Å². The van der Waals surface area contributed by atoms with Gasteiger partial charge in [0.05, 0.1) is 24.1 Å². The number of aromatic nitrogens is 1. The number of fused-ring (bicyclic) bond motifs is 1. The number of nitrogens with zero attached hydrogens (tertiary/aromatic N) is 1. The molecule has 0 bridgehead atoms. The standard InChI is InChI=1S/C19H26N2O3/c1-4-24-14-6-9-21(10-7-14)12-15-17(23-3)11-13(2)19-18(15)16(22)5-8-20-19/h5,8,11,14H,4,6-7,9-10,12H2,1-3H3,(H,20,22). The number of rotatable bonds is 5. The third-order valence-electron chi connectivity index (χ3n) is 4.84. The number of hydrogen-bond acceptors (Lipinski definition) is 4. The van der Waals surface area contributed by atoms with Gasteiger partial charge in [-0.05, 0) is 38.3 Å². The number of ether oxygens (including phenoxy) is 2. The molecule has 3 rings (SSSR count). The van der Waals surface area contributed by atoms with E-state index in [1.165, 1.54) is 0 Å². The second-order valence-electron chi connectivity index (χ2n) is 6.40. The largest absolute Gasteiger partial charge is 0.496 e. The Balaban J connectivity index is 1.92. The first-order valence-electron chi connectivity index (χ1n) is 8.65. The van der Waals surface area contributed by atoms with Gasteiger partial charge < -0.3 is 14.5 Å². The maximum Gasteiger partial charge on any atom is 0.189 e. The maximum atomic E-state index is 12.5. The van der Waals surface area contributed by atoms with Gasteiger partial charge in [-0.1, -0.05) is 0 Å². The number of benzene rings is 1. The molecule has 1 aliphatic heterocycles. The zero-order valence-electron chi connectivity index (χ0n) is 14.7. The minimum absolute atomic E-state index is 0.0463. The van der Waals surface area contributed by atoms with E-state index in [1.54, 1.807) is 19.4 Å². The summed E-state index contributed by atoms with van der Waals surface area (Å²) in [6.07, 6.45) is 4.15.